The minimum absolute atomic E-state index is 0.208. The van der Waals surface area contributed by atoms with E-state index in [9.17, 15) is 45.6 Å². The van der Waals surface area contributed by atoms with Gasteiger partial charge in [0.05, 0.1) is 32.0 Å². The van der Waals surface area contributed by atoms with E-state index in [1.165, 1.54) is 128 Å². The van der Waals surface area contributed by atoms with Gasteiger partial charge < -0.3 is 65.1 Å². The molecule has 2 rings (SSSR count). The van der Waals surface area contributed by atoms with Gasteiger partial charge in [0.2, 0.25) is 5.91 Å². The van der Waals surface area contributed by atoms with Crippen molar-refractivity contribution < 1.29 is 64.6 Å². The van der Waals surface area contributed by atoms with Gasteiger partial charge in [0.25, 0.3) is 0 Å². The summed E-state index contributed by atoms with van der Waals surface area (Å²) in [5, 5.41) is 86.7. The lowest BCUT2D eigenvalue weighted by Crippen LogP contribution is -2.65. The summed E-state index contributed by atoms with van der Waals surface area (Å²) in [5.74, 6) is -0.208. The molecule has 0 spiro atoms. The van der Waals surface area contributed by atoms with Gasteiger partial charge in [-0.25, -0.2) is 0 Å². The van der Waals surface area contributed by atoms with Gasteiger partial charge in [-0.1, -0.05) is 187 Å². The second-order valence-electron chi connectivity index (χ2n) is 18.3. The number of hydrogen-bond donors (Lipinski definition) is 9. The van der Waals surface area contributed by atoms with Crippen molar-refractivity contribution in [2.75, 3.05) is 19.8 Å². The van der Waals surface area contributed by atoms with E-state index in [4.69, 9.17) is 18.9 Å². The van der Waals surface area contributed by atoms with Crippen LogP contribution in [0.3, 0.4) is 0 Å². The van der Waals surface area contributed by atoms with Gasteiger partial charge in [-0.05, 0) is 12.8 Å². The summed E-state index contributed by atoms with van der Waals surface area (Å²) in [5.41, 5.74) is 0. The first-order valence-corrected chi connectivity index (χ1v) is 25.3. The molecule has 368 valence electrons. The van der Waals surface area contributed by atoms with Crippen LogP contribution < -0.4 is 5.32 Å². The summed E-state index contributed by atoms with van der Waals surface area (Å²) in [6.07, 6.45) is 18.3. The topological polar surface area (TPSA) is 228 Å². The predicted octanol–water partition coefficient (Wildman–Crippen LogP) is 6.22. The van der Waals surface area contributed by atoms with Crippen LogP contribution in [0.4, 0.5) is 0 Å². The summed E-state index contributed by atoms with van der Waals surface area (Å²) < 4.78 is 22.7. The van der Waals surface area contributed by atoms with Crippen molar-refractivity contribution in [3.05, 3.63) is 0 Å². The summed E-state index contributed by atoms with van der Waals surface area (Å²) in [4.78, 5) is 13.1. The largest absolute Gasteiger partial charge is 0.394 e. The van der Waals surface area contributed by atoms with E-state index in [0.717, 1.165) is 51.4 Å². The maximum Gasteiger partial charge on any atom is 0.220 e. The Labute approximate surface area is 374 Å². The number of unbranched alkanes of at least 4 members (excludes halogenated alkanes) is 26. The number of carbonyl (C=O) groups is 1. The number of aliphatic hydroxyl groups excluding tert-OH is 8. The molecule has 2 aliphatic rings. The van der Waals surface area contributed by atoms with Gasteiger partial charge in [-0.2, -0.15) is 0 Å². The molecule has 12 unspecified atom stereocenters. The van der Waals surface area contributed by atoms with Gasteiger partial charge >= 0.3 is 0 Å². The normalized spacial score (nSPS) is 27.6. The van der Waals surface area contributed by atoms with E-state index in [1.54, 1.807) is 0 Å². The summed E-state index contributed by atoms with van der Waals surface area (Å²) in [7, 11) is 0. The average molecular weight is 892 g/mol. The molecule has 0 bridgehead atoms. The van der Waals surface area contributed by atoms with Gasteiger partial charge in [0.1, 0.15) is 48.8 Å². The molecular formula is C48H93NO13. The summed E-state index contributed by atoms with van der Waals surface area (Å²) in [6.45, 7) is 2.83. The van der Waals surface area contributed by atoms with Crippen LogP contribution in [0.1, 0.15) is 206 Å². The third-order valence-electron chi connectivity index (χ3n) is 12.8. The number of carbonyl (C=O) groups excluding carboxylic acids is 1. The molecule has 2 saturated heterocycles. The van der Waals surface area contributed by atoms with Crippen LogP contribution in [0.15, 0.2) is 0 Å². The molecule has 0 aliphatic carbocycles. The first-order valence-electron chi connectivity index (χ1n) is 25.3. The van der Waals surface area contributed by atoms with E-state index in [-0.39, 0.29) is 12.5 Å². The van der Waals surface area contributed by atoms with Gasteiger partial charge in [0, 0.05) is 6.42 Å². The van der Waals surface area contributed by atoms with Gasteiger partial charge in [0.15, 0.2) is 12.6 Å². The smallest absolute Gasteiger partial charge is 0.220 e. The minimum Gasteiger partial charge on any atom is -0.394 e. The molecule has 14 nitrogen and oxygen atoms in total. The van der Waals surface area contributed by atoms with E-state index in [2.05, 4.69) is 19.2 Å². The fraction of sp³-hybridized carbons (Fsp3) is 0.979. The SMILES string of the molecule is CCCCCCCCCCCCCCCCCCCCCC(O)C(COC1OC(CO)C(OC2OC(CO)C(O)C(O)C2O)C(O)C1O)NC(=O)CCCCCCCCCCC. The van der Waals surface area contributed by atoms with Gasteiger partial charge in [-0.15, -0.1) is 0 Å². The summed E-state index contributed by atoms with van der Waals surface area (Å²) in [6, 6.07) is -0.819. The van der Waals surface area contributed by atoms with Crippen molar-refractivity contribution in [3.63, 3.8) is 0 Å². The number of ether oxygens (including phenoxy) is 4. The van der Waals surface area contributed by atoms with Crippen LogP contribution in [-0.2, 0) is 23.7 Å². The monoisotopic (exact) mass is 892 g/mol. The highest BCUT2D eigenvalue weighted by Gasteiger charge is 2.51. The van der Waals surface area contributed by atoms with Crippen molar-refractivity contribution in [1.29, 1.82) is 0 Å². The van der Waals surface area contributed by atoms with Crippen molar-refractivity contribution in [1.82, 2.24) is 5.32 Å². The first-order chi connectivity index (χ1) is 30.1. The summed E-state index contributed by atoms with van der Waals surface area (Å²) >= 11 is 0. The zero-order valence-corrected chi connectivity index (χ0v) is 38.9. The Morgan fingerprint density at radius 3 is 1.37 bits per heavy atom. The minimum atomic E-state index is -1.78. The van der Waals surface area contributed by atoms with E-state index < -0.39 is 86.8 Å². The molecule has 0 aromatic heterocycles. The zero-order chi connectivity index (χ0) is 45.4. The quantitative estimate of drug-likeness (QED) is 0.0313. The number of aliphatic hydroxyl groups is 8. The molecule has 12 atom stereocenters. The number of nitrogens with one attached hydrogen (secondary N) is 1. The van der Waals surface area contributed by atoms with E-state index in [1.807, 2.05) is 0 Å². The molecule has 0 aromatic carbocycles. The van der Waals surface area contributed by atoms with Crippen LogP contribution in [-0.4, -0.2) is 140 Å². The molecule has 14 heteroatoms. The molecule has 2 fully saturated rings. The van der Waals surface area contributed by atoms with Crippen LogP contribution in [0.5, 0.6) is 0 Å². The fourth-order valence-electron chi connectivity index (χ4n) is 8.65. The Bertz CT molecular complexity index is 1060. The van der Waals surface area contributed by atoms with Gasteiger partial charge in [-0.3, -0.25) is 4.79 Å². The lowest BCUT2D eigenvalue weighted by Gasteiger charge is -2.46. The van der Waals surface area contributed by atoms with E-state index in [0.29, 0.717) is 12.8 Å². The molecule has 0 aromatic rings. The Morgan fingerprint density at radius 1 is 0.516 bits per heavy atom. The molecule has 9 N–H and O–H groups in total. The molecule has 0 saturated carbocycles. The Balaban J connectivity index is 1.80. The molecule has 62 heavy (non-hydrogen) atoms. The zero-order valence-electron chi connectivity index (χ0n) is 38.9. The predicted molar refractivity (Wildman–Crippen MR) is 240 cm³/mol. The van der Waals surface area contributed by atoms with Crippen LogP contribution in [0.25, 0.3) is 0 Å². The van der Waals surface area contributed by atoms with Crippen molar-refractivity contribution in [3.8, 4) is 0 Å². The average Bonchev–Trinajstić information content (AvgIpc) is 3.27. The lowest BCUT2D eigenvalue weighted by atomic mass is 9.97. The van der Waals surface area contributed by atoms with Crippen LogP contribution in [0.2, 0.25) is 0 Å². The highest BCUT2D eigenvalue weighted by Crippen LogP contribution is 2.30. The second-order valence-corrected chi connectivity index (χ2v) is 18.3. The van der Waals surface area contributed by atoms with Crippen molar-refractivity contribution >= 4 is 5.91 Å². The molecule has 2 heterocycles. The Morgan fingerprint density at radius 2 is 0.919 bits per heavy atom. The second kappa shape index (κ2) is 36.2. The van der Waals surface area contributed by atoms with E-state index >= 15 is 0 Å². The molecule has 1 amide bonds. The maximum atomic E-state index is 13.1. The molecule has 2 aliphatic heterocycles. The standard InChI is InChI=1S/C48H93NO13/c1-3-5-7-9-11-13-14-15-16-17-18-19-20-21-22-24-25-27-29-31-37(52)36(49-40(53)32-30-28-26-23-12-10-8-6-4-2)35-59-47-45(58)43(56)46(39(34-51)61-47)62-48-44(57)42(55)41(54)38(33-50)60-48/h36-39,41-48,50-52,54-58H,3-35H2,1-2H3,(H,49,53). The Hall–Kier alpha value is -1.01. The third kappa shape index (κ3) is 23.4. The number of hydrogen-bond acceptors (Lipinski definition) is 13. The first kappa shape index (κ1) is 57.1. The third-order valence-corrected chi connectivity index (χ3v) is 12.8. The van der Waals surface area contributed by atoms with Crippen LogP contribution >= 0.6 is 0 Å². The maximum absolute atomic E-state index is 13.1. The molecular weight excluding hydrogens is 799 g/mol. The Kier molecular flexibility index (Phi) is 33.3. The number of amides is 1. The highest BCUT2D eigenvalue weighted by molar-refractivity contribution is 5.76. The fourth-order valence-corrected chi connectivity index (χ4v) is 8.65. The highest BCUT2D eigenvalue weighted by atomic mass is 16.7. The van der Waals surface area contributed by atoms with Crippen molar-refractivity contribution in [2.24, 2.45) is 0 Å². The molecule has 0 radical (unpaired) electrons. The number of rotatable bonds is 39. The van der Waals surface area contributed by atoms with Crippen LogP contribution in [0, 0.1) is 0 Å². The van der Waals surface area contributed by atoms with Crippen molar-refractivity contribution in [2.45, 2.75) is 280 Å². The lowest BCUT2D eigenvalue weighted by molar-refractivity contribution is -0.359.